The lowest BCUT2D eigenvalue weighted by atomic mass is 9.46. The van der Waals surface area contributed by atoms with Gasteiger partial charge in [-0.15, -0.1) is 0 Å². The average Bonchev–Trinajstić information content (AvgIpc) is 3.19. The molecule has 0 saturated heterocycles. The number of rotatable bonds is 10. The Morgan fingerprint density at radius 2 is 1.71 bits per heavy atom. The third-order valence-corrected chi connectivity index (χ3v) is 10.4. The van der Waals surface area contributed by atoms with Crippen molar-refractivity contribution in [3.63, 3.8) is 0 Å². The predicted molar refractivity (Wildman–Crippen MR) is 151 cm³/mol. The monoisotopic (exact) mass is 589 g/mol. The summed E-state index contributed by atoms with van der Waals surface area (Å²) in [6.07, 6.45) is 3.69. The Morgan fingerprint density at radius 3 is 2.29 bits per heavy atom. The lowest BCUT2D eigenvalue weighted by molar-refractivity contribution is -0.176. The van der Waals surface area contributed by atoms with Crippen molar-refractivity contribution in [2.24, 2.45) is 22.7 Å². The Labute approximate surface area is 245 Å². The van der Waals surface area contributed by atoms with Crippen LogP contribution in [0.15, 0.2) is 0 Å². The molecular formula is C31H43NO10. The van der Waals surface area contributed by atoms with Crippen LogP contribution in [-0.4, -0.2) is 74.5 Å². The summed E-state index contributed by atoms with van der Waals surface area (Å²) in [7, 11) is 1.31. The molecule has 1 unspecified atom stereocenters. The molecule has 0 bridgehead atoms. The molecule has 1 heterocycles. The van der Waals surface area contributed by atoms with Gasteiger partial charge in [0.15, 0.2) is 0 Å². The molecule has 11 nitrogen and oxygen atoms in total. The Bertz CT molecular complexity index is 1300. The fourth-order valence-electron chi connectivity index (χ4n) is 8.39. The molecule has 2 fully saturated rings. The summed E-state index contributed by atoms with van der Waals surface area (Å²) in [4.78, 5) is 50.6. The Kier molecular flexibility index (Phi) is 8.32. The maximum atomic E-state index is 13.8. The predicted octanol–water partition coefficient (Wildman–Crippen LogP) is 4.35. The molecule has 0 radical (unpaired) electrons. The van der Waals surface area contributed by atoms with E-state index in [-0.39, 0.29) is 70.1 Å². The molecule has 0 spiro atoms. The van der Waals surface area contributed by atoms with Gasteiger partial charge in [0.1, 0.15) is 23.1 Å². The van der Waals surface area contributed by atoms with Crippen LogP contribution in [0.2, 0.25) is 0 Å². The number of benzene rings is 1. The molecule has 4 N–H and O–H groups in total. The first-order chi connectivity index (χ1) is 19.5. The van der Waals surface area contributed by atoms with Crippen LogP contribution in [0.1, 0.15) is 104 Å². The van der Waals surface area contributed by atoms with Gasteiger partial charge >= 0.3 is 17.9 Å². The van der Waals surface area contributed by atoms with Crippen molar-refractivity contribution < 1.29 is 49.1 Å². The number of aromatic carboxylic acids is 1. The fourth-order valence-corrected chi connectivity index (χ4v) is 8.39. The summed E-state index contributed by atoms with van der Waals surface area (Å²) >= 11 is 0. The number of aliphatic hydroxyl groups is 1. The van der Waals surface area contributed by atoms with Crippen LogP contribution in [0.25, 0.3) is 0 Å². The van der Waals surface area contributed by atoms with E-state index in [4.69, 9.17) is 14.6 Å². The van der Waals surface area contributed by atoms with E-state index in [0.717, 1.165) is 30.6 Å². The summed E-state index contributed by atoms with van der Waals surface area (Å²) in [5.41, 5.74) is -1.18. The van der Waals surface area contributed by atoms with Crippen LogP contribution in [0, 0.1) is 29.6 Å². The van der Waals surface area contributed by atoms with Gasteiger partial charge in [-0.3, -0.25) is 9.59 Å². The number of carboxylic acid groups (broad SMARTS) is 3. The zero-order valence-electron chi connectivity index (χ0n) is 25.3. The van der Waals surface area contributed by atoms with Crippen LogP contribution in [0.4, 0.5) is 0 Å². The molecule has 1 aliphatic heterocycles. The number of carbonyl (C=O) groups excluding carboxylic acids is 1. The van der Waals surface area contributed by atoms with E-state index in [9.17, 15) is 34.5 Å². The summed E-state index contributed by atoms with van der Waals surface area (Å²) in [6.45, 7) is 9.87. The van der Waals surface area contributed by atoms with E-state index < -0.39 is 41.9 Å². The van der Waals surface area contributed by atoms with Crippen molar-refractivity contribution in [1.82, 2.24) is 4.90 Å². The van der Waals surface area contributed by atoms with Crippen molar-refractivity contribution in [2.45, 2.75) is 97.8 Å². The summed E-state index contributed by atoms with van der Waals surface area (Å²) in [6, 6.07) is -1.48. The highest BCUT2D eigenvalue weighted by Gasteiger charge is 2.58. The molecule has 11 heteroatoms. The molecule has 232 valence electrons. The minimum Gasteiger partial charge on any atom is -0.495 e. The number of nitrogens with zero attached hydrogens (tertiary/aromatic N) is 1. The van der Waals surface area contributed by atoms with Crippen molar-refractivity contribution in [3.05, 3.63) is 22.3 Å². The highest BCUT2D eigenvalue weighted by molar-refractivity contribution is 6.08. The standard InChI is InChI=1S/C31H43NO10/c1-16-24(41-6)23(28(38)39)17-14-32(18(27(36)37)8-9-21(33)34)26(35)22(17)25(16)42-15-20-30(4)12-7-11-29(2,3)19(30)10-13-31(20,5)40/h18-20,40H,7-15H2,1-6H3,(H,33,34)(H,36,37)(H,38,39)/t18?,19-,20+,30-,31+/m0/s1. The number of hydrogen-bond donors (Lipinski definition) is 4. The number of hydrogen-bond acceptors (Lipinski definition) is 7. The Balaban J connectivity index is 1.79. The molecule has 1 aromatic carbocycles. The van der Waals surface area contributed by atoms with Crippen molar-refractivity contribution in [2.75, 3.05) is 13.7 Å². The van der Waals surface area contributed by atoms with Crippen LogP contribution in [0.5, 0.6) is 11.5 Å². The van der Waals surface area contributed by atoms with Gasteiger partial charge in [-0.25, -0.2) is 9.59 Å². The van der Waals surface area contributed by atoms with Gasteiger partial charge in [0.2, 0.25) is 0 Å². The third-order valence-electron chi connectivity index (χ3n) is 10.4. The maximum absolute atomic E-state index is 13.8. The largest absolute Gasteiger partial charge is 0.495 e. The molecular weight excluding hydrogens is 546 g/mol. The molecule has 1 amide bonds. The minimum atomic E-state index is -1.48. The molecule has 4 rings (SSSR count). The number of fused-ring (bicyclic) bond motifs is 2. The topological polar surface area (TPSA) is 171 Å². The number of carbonyl (C=O) groups is 4. The maximum Gasteiger partial charge on any atom is 0.339 e. The van der Waals surface area contributed by atoms with Gasteiger partial charge < -0.3 is 34.8 Å². The zero-order chi connectivity index (χ0) is 31.4. The van der Waals surface area contributed by atoms with Crippen molar-refractivity contribution in [1.29, 1.82) is 0 Å². The van der Waals surface area contributed by atoms with Gasteiger partial charge in [-0.2, -0.15) is 0 Å². The number of ether oxygens (including phenoxy) is 2. The molecule has 2 saturated carbocycles. The van der Waals surface area contributed by atoms with Gasteiger partial charge in [0.05, 0.1) is 24.9 Å². The number of methoxy groups -OCH3 is 1. The number of aliphatic carboxylic acids is 2. The molecule has 42 heavy (non-hydrogen) atoms. The first-order valence-corrected chi connectivity index (χ1v) is 14.6. The van der Waals surface area contributed by atoms with E-state index in [2.05, 4.69) is 20.8 Å². The number of carboxylic acids is 3. The molecule has 5 atom stereocenters. The Morgan fingerprint density at radius 1 is 1.05 bits per heavy atom. The first kappa shape index (κ1) is 31.6. The van der Waals surface area contributed by atoms with Crippen LogP contribution >= 0.6 is 0 Å². The van der Waals surface area contributed by atoms with E-state index >= 15 is 0 Å². The second-order valence-corrected chi connectivity index (χ2v) is 13.4. The molecule has 3 aliphatic rings. The second kappa shape index (κ2) is 11.1. The molecule has 2 aliphatic carbocycles. The second-order valence-electron chi connectivity index (χ2n) is 13.4. The molecule has 0 aromatic heterocycles. The number of amides is 1. The van der Waals surface area contributed by atoms with E-state index in [1.165, 1.54) is 7.11 Å². The van der Waals surface area contributed by atoms with Crippen molar-refractivity contribution in [3.8, 4) is 11.5 Å². The third kappa shape index (κ3) is 5.20. The van der Waals surface area contributed by atoms with Crippen LogP contribution in [0.3, 0.4) is 0 Å². The zero-order valence-corrected chi connectivity index (χ0v) is 25.3. The lowest BCUT2D eigenvalue weighted by Crippen LogP contribution is -2.59. The van der Waals surface area contributed by atoms with E-state index in [0.29, 0.717) is 12.3 Å². The summed E-state index contributed by atoms with van der Waals surface area (Å²) < 4.78 is 11.9. The normalized spacial score (nSPS) is 28.9. The Hall–Kier alpha value is -3.34. The van der Waals surface area contributed by atoms with Crippen LogP contribution < -0.4 is 9.47 Å². The smallest absolute Gasteiger partial charge is 0.339 e. The summed E-state index contributed by atoms with van der Waals surface area (Å²) in [5, 5.41) is 40.7. The van der Waals surface area contributed by atoms with Gasteiger partial charge in [0.25, 0.3) is 5.91 Å². The summed E-state index contributed by atoms with van der Waals surface area (Å²) in [5.74, 6) is -4.54. The average molecular weight is 590 g/mol. The van der Waals surface area contributed by atoms with Gasteiger partial charge in [-0.1, -0.05) is 27.2 Å². The van der Waals surface area contributed by atoms with Gasteiger partial charge in [0, 0.05) is 30.0 Å². The van der Waals surface area contributed by atoms with Crippen LogP contribution in [-0.2, 0) is 16.1 Å². The molecule has 1 aromatic rings. The highest BCUT2D eigenvalue weighted by atomic mass is 16.5. The van der Waals surface area contributed by atoms with Crippen molar-refractivity contribution >= 4 is 23.8 Å². The highest BCUT2D eigenvalue weighted by Crippen LogP contribution is 2.62. The quantitative estimate of drug-likeness (QED) is 0.308. The fraction of sp³-hybridized carbons (Fsp3) is 0.677. The SMILES string of the molecule is COc1c(C)c(OC[C@@H]2[C@@]3(C)CCCC(C)(C)[C@@H]3CC[C@@]2(C)O)c2c(c1C(=O)O)CN(C(CCC(=O)O)C(=O)O)C2=O. The lowest BCUT2D eigenvalue weighted by Gasteiger charge is -2.61. The van der Waals surface area contributed by atoms with E-state index in [1.54, 1.807) is 6.92 Å². The first-order valence-electron chi connectivity index (χ1n) is 14.6. The minimum absolute atomic E-state index is 0.00148. The van der Waals surface area contributed by atoms with E-state index in [1.807, 2.05) is 6.92 Å². The van der Waals surface area contributed by atoms with Gasteiger partial charge in [-0.05, 0) is 62.7 Å².